The van der Waals surface area contributed by atoms with Crippen LogP contribution in [0.15, 0.2) is 36.4 Å². The van der Waals surface area contributed by atoms with Crippen LogP contribution in [-0.2, 0) is 0 Å². The van der Waals surface area contributed by atoms with Gasteiger partial charge in [-0.25, -0.2) is 0 Å². The number of carbonyl (C=O) groups excluding carboxylic acids is 1. The van der Waals surface area contributed by atoms with Gasteiger partial charge in [-0.1, -0.05) is 30.3 Å². The van der Waals surface area contributed by atoms with Crippen molar-refractivity contribution < 1.29 is 4.79 Å². The second-order valence-corrected chi connectivity index (χ2v) is 5.08. The molecule has 0 spiro atoms. The summed E-state index contributed by atoms with van der Waals surface area (Å²) in [5.41, 5.74) is 2.37. The molecule has 1 aromatic carbocycles. The first kappa shape index (κ1) is 12.9. The van der Waals surface area contributed by atoms with Gasteiger partial charge in [0, 0.05) is 31.2 Å². The van der Waals surface area contributed by atoms with Gasteiger partial charge < -0.3 is 10.2 Å². The van der Waals surface area contributed by atoms with E-state index in [-0.39, 0.29) is 11.9 Å². The lowest BCUT2D eigenvalue weighted by Gasteiger charge is -2.33. The molecule has 5 heteroatoms. The van der Waals surface area contributed by atoms with Crippen LogP contribution < -0.4 is 5.32 Å². The predicted molar refractivity (Wildman–Crippen MR) is 77.4 cm³/mol. The van der Waals surface area contributed by atoms with Gasteiger partial charge in [0.25, 0.3) is 5.91 Å². The molecule has 1 aromatic heterocycles. The Hall–Kier alpha value is -2.14. The normalized spacial score (nSPS) is 19.1. The number of piperazine rings is 1. The van der Waals surface area contributed by atoms with Gasteiger partial charge in [-0.3, -0.25) is 9.89 Å². The standard InChI is InChI=1S/C15H18N4O/c1-11-10-16-7-8-19(11)15(20)14-9-13(17-18-14)12-5-3-2-4-6-12/h2-6,9,11,16H,7-8,10H2,1H3,(H,17,18)/t11-/m1/s1. The maximum atomic E-state index is 12.5. The Balaban J connectivity index is 1.81. The summed E-state index contributed by atoms with van der Waals surface area (Å²) >= 11 is 0. The van der Waals surface area contributed by atoms with Crippen LogP contribution in [0.2, 0.25) is 0 Å². The summed E-state index contributed by atoms with van der Waals surface area (Å²) in [6.07, 6.45) is 0. The molecule has 104 valence electrons. The van der Waals surface area contributed by atoms with Crippen LogP contribution in [0.4, 0.5) is 0 Å². The zero-order chi connectivity index (χ0) is 13.9. The van der Waals surface area contributed by atoms with Gasteiger partial charge in [0.2, 0.25) is 0 Å². The average Bonchev–Trinajstić information content (AvgIpc) is 2.98. The van der Waals surface area contributed by atoms with E-state index < -0.39 is 0 Å². The molecule has 1 saturated heterocycles. The summed E-state index contributed by atoms with van der Waals surface area (Å²) in [4.78, 5) is 14.4. The fourth-order valence-electron chi connectivity index (χ4n) is 2.49. The molecule has 1 fully saturated rings. The molecule has 1 aliphatic rings. The number of amides is 1. The highest BCUT2D eigenvalue weighted by Gasteiger charge is 2.25. The summed E-state index contributed by atoms with van der Waals surface area (Å²) < 4.78 is 0. The molecule has 0 unspecified atom stereocenters. The van der Waals surface area contributed by atoms with Crippen LogP contribution >= 0.6 is 0 Å². The highest BCUT2D eigenvalue weighted by atomic mass is 16.2. The number of hydrogen-bond donors (Lipinski definition) is 2. The molecule has 0 radical (unpaired) electrons. The Morgan fingerprint density at radius 1 is 1.35 bits per heavy atom. The second kappa shape index (κ2) is 5.46. The maximum absolute atomic E-state index is 12.5. The molecule has 20 heavy (non-hydrogen) atoms. The quantitative estimate of drug-likeness (QED) is 0.869. The molecule has 2 aromatic rings. The predicted octanol–water partition coefficient (Wildman–Crippen LogP) is 1.51. The number of nitrogens with one attached hydrogen (secondary N) is 2. The molecule has 5 nitrogen and oxygen atoms in total. The number of hydrogen-bond acceptors (Lipinski definition) is 3. The highest BCUT2D eigenvalue weighted by molar-refractivity contribution is 5.93. The Morgan fingerprint density at radius 3 is 2.90 bits per heavy atom. The number of H-pyrrole nitrogens is 1. The summed E-state index contributed by atoms with van der Waals surface area (Å²) in [5.74, 6) is 0.0219. The van der Waals surface area contributed by atoms with Crippen LogP contribution in [0.3, 0.4) is 0 Å². The fourth-order valence-corrected chi connectivity index (χ4v) is 2.49. The van der Waals surface area contributed by atoms with Crippen molar-refractivity contribution in [3.05, 3.63) is 42.1 Å². The Morgan fingerprint density at radius 2 is 2.15 bits per heavy atom. The summed E-state index contributed by atoms with van der Waals surface area (Å²) in [6, 6.07) is 11.9. The summed E-state index contributed by atoms with van der Waals surface area (Å²) in [6.45, 7) is 4.47. The van der Waals surface area contributed by atoms with Crippen molar-refractivity contribution in [3.63, 3.8) is 0 Å². The van der Waals surface area contributed by atoms with Gasteiger partial charge in [0.05, 0.1) is 5.69 Å². The monoisotopic (exact) mass is 270 g/mol. The van der Waals surface area contributed by atoms with E-state index in [1.165, 1.54) is 0 Å². The van der Waals surface area contributed by atoms with E-state index in [1.54, 1.807) is 0 Å². The van der Waals surface area contributed by atoms with Gasteiger partial charge in [-0.05, 0) is 13.0 Å². The lowest BCUT2D eigenvalue weighted by atomic mass is 10.1. The van der Waals surface area contributed by atoms with Crippen LogP contribution in [0.5, 0.6) is 0 Å². The Bertz CT molecular complexity index is 593. The van der Waals surface area contributed by atoms with E-state index in [0.717, 1.165) is 30.9 Å². The third-order valence-electron chi connectivity index (χ3n) is 3.64. The van der Waals surface area contributed by atoms with Crippen molar-refractivity contribution in [2.24, 2.45) is 0 Å². The topological polar surface area (TPSA) is 61.0 Å². The molecule has 0 aliphatic carbocycles. The molecular weight excluding hydrogens is 252 g/mol. The lowest BCUT2D eigenvalue weighted by Crippen LogP contribution is -2.52. The van der Waals surface area contributed by atoms with Gasteiger partial charge in [0.15, 0.2) is 0 Å². The summed E-state index contributed by atoms with van der Waals surface area (Å²) in [5, 5.41) is 10.4. The number of aromatic amines is 1. The van der Waals surface area contributed by atoms with Crippen molar-refractivity contribution in [2.45, 2.75) is 13.0 Å². The molecule has 2 N–H and O–H groups in total. The Kier molecular flexibility index (Phi) is 3.52. The number of nitrogens with zero attached hydrogens (tertiary/aromatic N) is 2. The smallest absolute Gasteiger partial charge is 0.272 e. The van der Waals surface area contributed by atoms with E-state index in [9.17, 15) is 4.79 Å². The van der Waals surface area contributed by atoms with Gasteiger partial charge in [-0.2, -0.15) is 5.10 Å². The molecule has 2 heterocycles. The van der Waals surface area contributed by atoms with Gasteiger partial charge >= 0.3 is 0 Å². The van der Waals surface area contributed by atoms with E-state index >= 15 is 0 Å². The third-order valence-corrected chi connectivity index (χ3v) is 3.64. The van der Waals surface area contributed by atoms with Gasteiger partial charge in [-0.15, -0.1) is 0 Å². The maximum Gasteiger partial charge on any atom is 0.272 e. The van der Waals surface area contributed by atoms with E-state index in [4.69, 9.17) is 0 Å². The minimum atomic E-state index is 0.0219. The van der Waals surface area contributed by atoms with Crippen LogP contribution in [0.25, 0.3) is 11.3 Å². The number of rotatable bonds is 2. The molecular formula is C15H18N4O. The Labute approximate surface area is 118 Å². The van der Waals surface area contributed by atoms with Gasteiger partial charge in [0.1, 0.15) is 5.69 Å². The zero-order valence-corrected chi connectivity index (χ0v) is 11.5. The van der Waals surface area contributed by atoms with Crippen molar-refractivity contribution in [2.75, 3.05) is 19.6 Å². The minimum Gasteiger partial charge on any atom is -0.332 e. The SMILES string of the molecule is C[C@@H]1CNCCN1C(=O)c1cc(-c2ccccc2)n[nH]1. The zero-order valence-electron chi connectivity index (χ0n) is 11.5. The van der Waals surface area contributed by atoms with E-state index in [0.29, 0.717) is 5.69 Å². The lowest BCUT2D eigenvalue weighted by molar-refractivity contribution is 0.0649. The molecule has 1 atom stereocenters. The largest absolute Gasteiger partial charge is 0.332 e. The van der Waals surface area contributed by atoms with Crippen LogP contribution in [-0.4, -0.2) is 46.7 Å². The highest BCUT2D eigenvalue weighted by Crippen LogP contribution is 2.18. The molecule has 1 amide bonds. The van der Waals surface area contributed by atoms with Crippen molar-refractivity contribution in [1.29, 1.82) is 0 Å². The van der Waals surface area contributed by atoms with E-state index in [1.807, 2.05) is 41.3 Å². The minimum absolute atomic E-state index is 0.0219. The van der Waals surface area contributed by atoms with Crippen LogP contribution in [0.1, 0.15) is 17.4 Å². The fraction of sp³-hybridized carbons (Fsp3) is 0.333. The number of benzene rings is 1. The molecule has 0 saturated carbocycles. The first-order valence-electron chi connectivity index (χ1n) is 6.88. The molecule has 3 rings (SSSR count). The molecule has 0 bridgehead atoms. The molecule has 1 aliphatic heterocycles. The third kappa shape index (κ3) is 2.44. The van der Waals surface area contributed by atoms with Crippen molar-refractivity contribution >= 4 is 5.91 Å². The van der Waals surface area contributed by atoms with Crippen molar-refractivity contribution in [1.82, 2.24) is 20.4 Å². The first-order valence-corrected chi connectivity index (χ1v) is 6.88. The second-order valence-electron chi connectivity index (χ2n) is 5.08. The number of aromatic nitrogens is 2. The first-order chi connectivity index (χ1) is 9.75. The number of carbonyl (C=O) groups is 1. The average molecular weight is 270 g/mol. The van der Waals surface area contributed by atoms with Crippen molar-refractivity contribution in [3.8, 4) is 11.3 Å². The van der Waals surface area contributed by atoms with E-state index in [2.05, 4.69) is 22.4 Å². The summed E-state index contributed by atoms with van der Waals surface area (Å²) in [7, 11) is 0. The van der Waals surface area contributed by atoms with Crippen LogP contribution in [0, 0.1) is 0 Å².